The standard InChI is InChI=1S/C23H18BrN3O2/c1-28-19-13-15(24)14-20(29-2)21(19)17-8-6-12-27-23(17)22-16(7-5-11-26-22)18-9-3-4-10-25-18/h3-14H,1-2H3. The summed E-state index contributed by atoms with van der Waals surface area (Å²) in [5.74, 6) is 1.36. The van der Waals surface area contributed by atoms with Crippen molar-refractivity contribution in [2.24, 2.45) is 0 Å². The highest BCUT2D eigenvalue weighted by Gasteiger charge is 2.21. The fraction of sp³-hybridized carbons (Fsp3) is 0.0870. The Balaban J connectivity index is 1.99. The lowest BCUT2D eigenvalue weighted by Crippen LogP contribution is -1.99. The van der Waals surface area contributed by atoms with Crippen molar-refractivity contribution in [3.8, 4) is 45.3 Å². The average Bonchev–Trinajstić information content (AvgIpc) is 2.79. The molecule has 1 aromatic carbocycles. The van der Waals surface area contributed by atoms with Gasteiger partial charge in [0.25, 0.3) is 0 Å². The molecule has 4 aromatic rings. The predicted octanol–water partition coefficient (Wildman–Crippen LogP) is 5.65. The molecule has 0 aliphatic rings. The van der Waals surface area contributed by atoms with Crippen LogP contribution in [0.1, 0.15) is 0 Å². The van der Waals surface area contributed by atoms with Crippen molar-refractivity contribution in [2.45, 2.75) is 0 Å². The van der Waals surface area contributed by atoms with Crippen LogP contribution in [0.3, 0.4) is 0 Å². The molecule has 0 spiro atoms. The number of methoxy groups -OCH3 is 2. The molecule has 0 N–H and O–H groups in total. The van der Waals surface area contributed by atoms with Crippen LogP contribution in [0.25, 0.3) is 33.8 Å². The van der Waals surface area contributed by atoms with E-state index in [1.165, 1.54) is 0 Å². The van der Waals surface area contributed by atoms with Crippen LogP contribution in [0.5, 0.6) is 11.5 Å². The third-order valence-electron chi connectivity index (χ3n) is 4.52. The molecule has 0 amide bonds. The number of nitrogens with zero attached hydrogens (tertiary/aromatic N) is 3. The Kier molecular flexibility index (Phi) is 5.53. The Morgan fingerprint density at radius 2 is 1.28 bits per heavy atom. The second kappa shape index (κ2) is 8.41. The fourth-order valence-electron chi connectivity index (χ4n) is 3.26. The first-order chi connectivity index (χ1) is 14.2. The summed E-state index contributed by atoms with van der Waals surface area (Å²) in [5.41, 5.74) is 4.90. The average molecular weight is 448 g/mol. The minimum absolute atomic E-state index is 0.681. The summed E-state index contributed by atoms with van der Waals surface area (Å²) >= 11 is 3.51. The molecule has 0 radical (unpaired) electrons. The van der Waals surface area contributed by atoms with Crippen molar-refractivity contribution in [3.63, 3.8) is 0 Å². The molecule has 0 saturated heterocycles. The third-order valence-corrected chi connectivity index (χ3v) is 4.98. The van der Waals surface area contributed by atoms with Crippen molar-refractivity contribution in [1.29, 1.82) is 0 Å². The molecule has 3 heterocycles. The first-order valence-corrected chi connectivity index (χ1v) is 9.76. The van der Waals surface area contributed by atoms with Gasteiger partial charge in [0, 0.05) is 34.2 Å². The maximum atomic E-state index is 5.66. The second-order valence-corrected chi connectivity index (χ2v) is 7.12. The third kappa shape index (κ3) is 3.71. The smallest absolute Gasteiger partial charge is 0.131 e. The van der Waals surface area contributed by atoms with Gasteiger partial charge in [0.05, 0.1) is 36.9 Å². The van der Waals surface area contributed by atoms with Gasteiger partial charge in [-0.05, 0) is 42.5 Å². The van der Waals surface area contributed by atoms with Gasteiger partial charge < -0.3 is 9.47 Å². The van der Waals surface area contributed by atoms with Crippen LogP contribution in [-0.2, 0) is 0 Å². The number of rotatable bonds is 5. The van der Waals surface area contributed by atoms with Gasteiger partial charge in [0.15, 0.2) is 0 Å². The molecule has 0 aliphatic heterocycles. The molecule has 0 fully saturated rings. The van der Waals surface area contributed by atoms with E-state index in [1.807, 2.05) is 54.6 Å². The zero-order chi connectivity index (χ0) is 20.2. The number of benzene rings is 1. The van der Waals surface area contributed by atoms with Crippen LogP contribution < -0.4 is 9.47 Å². The molecule has 29 heavy (non-hydrogen) atoms. The largest absolute Gasteiger partial charge is 0.496 e. The number of hydrogen-bond donors (Lipinski definition) is 0. The SMILES string of the molecule is COc1cc(Br)cc(OC)c1-c1cccnc1-c1ncccc1-c1ccccn1. The van der Waals surface area contributed by atoms with Gasteiger partial charge in [-0.2, -0.15) is 0 Å². The van der Waals surface area contributed by atoms with Crippen molar-refractivity contribution >= 4 is 15.9 Å². The number of ether oxygens (including phenoxy) is 2. The van der Waals surface area contributed by atoms with E-state index in [4.69, 9.17) is 9.47 Å². The van der Waals surface area contributed by atoms with E-state index in [0.717, 1.165) is 38.2 Å². The maximum Gasteiger partial charge on any atom is 0.131 e. The van der Waals surface area contributed by atoms with Gasteiger partial charge in [0.1, 0.15) is 11.5 Å². The van der Waals surface area contributed by atoms with Crippen LogP contribution in [0.2, 0.25) is 0 Å². The predicted molar refractivity (Wildman–Crippen MR) is 117 cm³/mol. The summed E-state index contributed by atoms with van der Waals surface area (Å²) < 4.78 is 12.2. The quantitative estimate of drug-likeness (QED) is 0.395. The minimum Gasteiger partial charge on any atom is -0.496 e. The number of hydrogen-bond acceptors (Lipinski definition) is 5. The van der Waals surface area contributed by atoms with E-state index in [-0.39, 0.29) is 0 Å². The summed E-state index contributed by atoms with van der Waals surface area (Å²) in [4.78, 5) is 13.8. The molecule has 0 atom stereocenters. The van der Waals surface area contributed by atoms with Crippen molar-refractivity contribution in [2.75, 3.05) is 14.2 Å². The summed E-state index contributed by atoms with van der Waals surface area (Å²) in [5, 5.41) is 0. The topological polar surface area (TPSA) is 57.1 Å². The van der Waals surface area contributed by atoms with E-state index < -0.39 is 0 Å². The Hall–Kier alpha value is -3.25. The first kappa shape index (κ1) is 19.1. The lowest BCUT2D eigenvalue weighted by Gasteiger charge is -2.17. The Morgan fingerprint density at radius 3 is 1.86 bits per heavy atom. The van der Waals surface area contributed by atoms with Gasteiger partial charge in [-0.3, -0.25) is 15.0 Å². The lowest BCUT2D eigenvalue weighted by atomic mass is 9.97. The fourth-order valence-corrected chi connectivity index (χ4v) is 3.68. The van der Waals surface area contributed by atoms with Crippen LogP contribution in [0.15, 0.2) is 77.7 Å². The van der Waals surface area contributed by atoms with Crippen LogP contribution >= 0.6 is 15.9 Å². The molecule has 5 nitrogen and oxygen atoms in total. The van der Waals surface area contributed by atoms with Gasteiger partial charge in [-0.25, -0.2) is 0 Å². The number of halogens is 1. The van der Waals surface area contributed by atoms with E-state index in [1.54, 1.807) is 32.8 Å². The monoisotopic (exact) mass is 447 g/mol. The molecule has 6 heteroatoms. The molecule has 3 aromatic heterocycles. The van der Waals surface area contributed by atoms with Gasteiger partial charge in [0.2, 0.25) is 0 Å². The molecule has 0 aliphatic carbocycles. The summed E-state index contributed by atoms with van der Waals surface area (Å²) in [7, 11) is 3.28. The zero-order valence-electron chi connectivity index (χ0n) is 16.0. The van der Waals surface area contributed by atoms with Crippen molar-refractivity contribution in [1.82, 2.24) is 15.0 Å². The lowest BCUT2D eigenvalue weighted by molar-refractivity contribution is 0.397. The number of pyridine rings is 3. The molecule has 0 bridgehead atoms. The highest BCUT2D eigenvalue weighted by molar-refractivity contribution is 9.10. The Morgan fingerprint density at radius 1 is 0.690 bits per heavy atom. The minimum atomic E-state index is 0.681. The second-order valence-electron chi connectivity index (χ2n) is 6.20. The van der Waals surface area contributed by atoms with Gasteiger partial charge in [-0.15, -0.1) is 0 Å². The first-order valence-electron chi connectivity index (χ1n) is 8.96. The summed E-state index contributed by atoms with van der Waals surface area (Å²) in [6.07, 6.45) is 5.29. The molecular weight excluding hydrogens is 430 g/mol. The highest BCUT2D eigenvalue weighted by atomic mass is 79.9. The van der Waals surface area contributed by atoms with Gasteiger partial charge >= 0.3 is 0 Å². The molecule has 144 valence electrons. The highest BCUT2D eigenvalue weighted by Crippen LogP contribution is 2.44. The van der Waals surface area contributed by atoms with Crippen molar-refractivity contribution in [3.05, 3.63) is 77.7 Å². The molecule has 4 rings (SSSR count). The Bertz CT molecular complexity index is 1120. The van der Waals surface area contributed by atoms with E-state index in [2.05, 4.69) is 30.9 Å². The molecule has 0 saturated carbocycles. The maximum absolute atomic E-state index is 5.66. The Labute approximate surface area is 177 Å². The van der Waals surface area contributed by atoms with Crippen LogP contribution in [0, 0.1) is 0 Å². The van der Waals surface area contributed by atoms with E-state index in [9.17, 15) is 0 Å². The van der Waals surface area contributed by atoms with Gasteiger partial charge in [-0.1, -0.05) is 28.1 Å². The molecule has 0 unspecified atom stereocenters. The summed E-state index contributed by atoms with van der Waals surface area (Å²) in [6.45, 7) is 0. The van der Waals surface area contributed by atoms with Crippen molar-refractivity contribution < 1.29 is 9.47 Å². The van der Waals surface area contributed by atoms with Crippen LogP contribution in [-0.4, -0.2) is 29.2 Å². The number of aromatic nitrogens is 3. The zero-order valence-corrected chi connectivity index (χ0v) is 17.6. The summed E-state index contributed by atoms with van der Waals surface area (Å²) in [6, 6.07) is 17.4. The van der Waals surface area contributed by atoms with Crippen LogP contribution in [0.4, 0.5) is 0 Å². The molecular formula is C23H18BrN3O2. The van der Waals surface area contributed by atoms with E-state index in [0.29, 0.717) is 11.5 Å². The van der Waals surface area contributed by atoms with E-state index >= 15 is 0 Å². The normalized spacial score (nSPS) is 10.6.